The number of aromatic carboxylic acids is 6. The van der Waals surface area contributed by atoms with Crippen LogP contribution in [0.2, 0.25) is 0 Å². The summed E-state index contributed by atoms with van der Waals surface area (Å²) in [5.74, 6) is -12.1. The molecule has 0 saturated carbocycles. The first-order valence-corrected chi connectivity index (χ1v) is 8.48. The molecule has 0 unspecified atom stereocenters. The van der Waals surface area contributed by atoms with Gasteiger partial charge in [-0.1, -0.05) is 24.3 Å². The van der Waals surface area contributed by atoms with Gasteiger partial charge in [0.05, 0.1) is 35.8 Å². The highest BCUT2D eigenvalue weighted by Gasteiger charge is 2.20. The number of carboxylic acid groups (broad SMARTS) is 6. The third kappa shape index (κ3) is 4.38. The fourth-order valence-corrected chi connectivity index (χ4v) is 3.25. The van der Waals surface area contributed by atoms with Gasteiger partial charge in [-0.15, -0.1) is 0 Å². The minimum absolute atomic E-state index is 0.616. The standard InChI is InChI=1S/C20H14O12/c21-15(22)9-3-5-11(17(25)26)13(19(29)30)7(9)1-2-8-10(16(23)24)4-6-12(18(27)28)14(8)20(31)32/h3-6H,1-2H2,(H,21,22)(H,23,24)(H,25,26)(H,27,28)(H,29,30)(H,31,32)/p-6. The summed E-state index contributed by atoms with van der Waals surface area (Å²) in [6.07, 6.45) is -1.57. The van der Waals surface area contributed by atoms with Crippen molar-refractivity contribution < 1.29 is 59.4 Å². The summed E-state index contributed by atoms with van der Waals surface area (Å²) in [5.41, 5.74) is -7.20. The predicted molar refractivity (Wildman–Crippen MR) is 86.3 cm³/mol. The molecule has 0 amide bonds. The van der Waals surface area contributed by atoms with Crippen LogP contribution in [0.4, 0.5) is 0 Å². The quantitative estimate of drug-likeness (QED) is 0.353. The molecule has 0 bridgehead atoms. The minimum atomic E-state index is -2.12. The Balaban J connectivity index is 2.79. The van der Waals surface area contributed by atoms with Crippen molar-refractivity contribution in [3.05, 3.63) is 68.8 Å². The molecule has 166 valence electrons. The molecule has 2 rings (SSSR count). The molecule has 0 saturated heterocycles. The minimum Gasteiger partial charge on any atom is -0.545 e. The normalized spacial score (nSPS) is 10.4. The molecule has 0 aliphatic rings. The molecule has 0 fully saturated rings. The first kappa shape index (κ1) is 23.5. The molecule has 12 heteroatoms. The SMILES string of the molecule is O=C([O-])c1ccc(C(=O)[O-])c(C(=O)[O-])c1CCc1c(C(=O)[O-])ccc(C(=O)[O-])c1C(=O)[O-]. The van der Waals surface area contributed by atoms with Gasteiger partial charge in [-0.3, -0.25) is 0 Å². The molecule has 0 aromatic heterocycles. The lowest BCUT2D eigenvalue weighted by molar-refractivity contribution is -0.260. The first-order valence-electron chi connectivity index (χ1n) is 8.48. The van der Waals surface area contributed by atoms with E-state index >= 15 is 0 Å². The van der Waals surface area contributed by atoms with Crippen molar-refractivity contribution in [3.63, 3.8) is 0 Å². The molecule has 32 heavy (non-hydrogen) atoms. The highest BCUT2D eigenvalue weighted by atomic mass is 16.4. The maximum atomic E-state index is 11.5. The largest absolute Gasteiger partial charge is 0.545 e. The second-order valence-electron chi connectivity index (χ2n) is 6.25. The molecule has 2 aromatic carbocycles. The Labute approximate surface area is 177 Å². The molecule has 0 aliphatic heterocycles. The number of carbonyl (C=O) groups is 6. The Morgan fingerprint density at radius 2 is 0.688 bits per heavy atom. The van der Waals surface area contributed by atoms with Crippen LogP contribution in [0.1, 0.15) is 73.3 Å². The van der Waals surface area contributed by atoms with E-state index in [1.807, 2.05) is 0 Å². The third-order valence-electron chi connectivity index (χ3n) is 4.54. The van der Waals surface area contributed by atoms with E-state index in [-0.39, 0.29) is 0 Å². The van der Waals surface area contributed by atoms with Crippen LogP contribution in [-0.2, 0) is 12.8 Å². The lowest BCUT2D eigenvalue weighted by Gasteiger charge is -2.23. The Morgan fingerprint density at radius 1 is 0.438 bits per heavy atom. The van der Waals surface area contributed by atoms with Crippen molar-refractivity contribution in [2.45, 2.75) is 12.8 Å². The average molecular weight is 440 g/mol. The topological polar surface area (TPSA) is 241 Å². The summed E-state index contributed by atoms with van der Waals surface area (Å²) < 4.78 is 0. The zero-order chi connectivity index (χ0) is 24.3. The maximum Gasteiger partial charge on any atom is 0.0724 e. The smallest absolute Gasteiger partial charge is 0.0724 e. The molecule has 0 aliphatic carbocycles. The van der Waals surface area contributed by atoms with Crippen molar-refractivity contribution >= 4 is 35.8 Å². The number of hydrogen-bond acceptors (Lipinski definition) is 12. The molecule has 0 radical (unpaired) electrons. The summed E-state index contributed by atoms with van der Waals surface area (Å²) in [7, 11) is 0. The van der Waals surface area contributed by atoms with Crippen molar-refractivity contribution in [1.82, 2.24) is 0 Å². The van der Waals surface area contributed by atoms with E-state index < -0.39 is 93.2 Å². The van der Waals surface area contributed by atoms with Gasteiger partial charge in [0.1, 0.15) is 0 Å². The second-order valence-corrected chi connectivity index (χ2v) is 6.25. The van der Waals surface area contributed by atoms with Gasteiger partial charge >= 0.3 is 0 Å². The summed E-state index contributed by atoms with van der Waals surface area (Å²) in [5, 5.41) is 68.3. The third-order valence-corrected chi connectivity index (χ3v) is 4.54. The van der Waals surface area contributed by atoms with Gasteiger partial charge < -0.3 is 59.4 Å². The van der Waals surface area contributed by atoms with E-state index in [1.165, 1.54) is 0 Å². The average Bonchev–Trinajstić information content (AvgIpc) is 2.69. The number of hydrogen-bond donors (Lipinski definition) is 0. The monoisotopic (exact) mass is 440 g/mol. The van der Waals surface area contributed by atoms with Gasteiger partial charge in [0.25, 0.3) is 0 Å². The number of rotatable bonds is 9. The summed E-state index contributed by atoms with van der Waals surface area (Å²) in [6.45, 7) is 0. The van der Waals surface area contributed by atoms with Gasteiger partial charge in [-0.25, -0.2) is 0 Å². The molecule has 0 atom stereocenters. The van der Waals surface area contributed by atoms with E-state index in [2.05, 4.69) is 0 Å². The van der Waals surface area contributed by atoms with Crippen molar-refractivity contribution in [1.29, 1.82) is 0 Å². The van der Waals surface area contributed by atoms with E-state index in [9.17, 15) is 59.4 Å². The number of benzene rings is 2. The van der Waals surface area contributed by atoms with Crippen molar-refractivity contribution in [3.8, 4) is 0 Å². The van der Waals surface area contributed by atoms with Crippen LogP contribution in [0.3, 0.4) is 0 Å². The van der Waals surface area contributed by atoms with E-state index in [0.717, 1.165) is 0 Å². The molecular weight excluding hydrogens is 432 g/mol. The molecule has 12 nitrogen and oxygen atoms in total. The first-order chi connectivity index (χ1) is 14.9. The number of carboxylic acids is 6. The Kier molecular flexibility index (Phi) is 6.59. The lowest BCUT2D eigenvalue weighted by Crippen LogP contribution is -2.35. The van der Waals surface area contributed by atoms with Crippen molar-refractivity contribution in [2.24, 2.45) is 0 Å². The fourth-order valence-electron chi connectivity index (χ4n) is 3.25. The Hall–Kier alpha value is -4.74. The van der Waals surface area contributed by atoms with E-state index in [1.54, 1.807) is 0 Å². The van der Waals surface area contributed by atoms with Crippen LogP contribution in [0, 0.1) is 0 Å². The Bertz CT molecular complexity index is 1100. The summed E-state index contributed by atoms with van der Waals surface area (Å²) >= 11 is 0. The molecule has 2 aromatic rings. The van der Waals surface area contributed by atoms with Crippen LogP contribution in [0.5, 0.6) is 0 Å². The van der Waals surface area contributed by atoms with Gasteiger partial charge in [0, 0.05) is 33.4 Å². The van der Waals surface area contributed by atoms with E-state index in [4.69, 9.17) is 0 Å². The van der Waals surface area contributed by atoms with Gasteiger partial charge in [0.15, 0.2) is 0 Å². The Morgan fingerprint density at radius 3 is 0.906 bits per heavy atom. The predicted octanol–water partition coefficient (Wildman–Crippen LogP) is -6.35. The fraction of sp³-hybridized carbons (Fsp3) is 0.100. The van der Waals surface area contributed by atoms with Gasteiger partial charge in [-0.05, 0) is 24.0 Å². The van der Waals surface area contributed by atoms with Crippen LogP contribution in [-0.4, -0.2) is 35.8 Å². The zero-order valence-electron chi connectivity index (χ0n) is 15.6. The van der Waals surface area contributed by atoms with Crippen LogP contribution in [0.15, 0.2) is 24.3 Å². The van der Waals surface area contributed by atoms with E-state index in [0.29, 0.717) is 24.3 Å². The molecule has 0 N–H and O–H groups in total. The van der Waals surface area contributed by atoms with Crippen LogP contribution in [0.25, 0.3) is 0 Å². The van der Waals surface area contributed by atoms with Crippen molar-refractivity contribution in [2.75, 3.05) is 0 Å². The highest BCUT2D eigenvalue weighted by molar-refractivity contribution is 6.05. The molecular formula is C20H8O12-6. The van der Waals surface area contributed by atoms with Crippen LogP contribution < -0.4 is 30.6 Å². The second kappa shape index (κ2) is 8.95. The summed E-state index contributed by atoms with van der Waals surface area (Å²) in [4.78, 5) is 68.3. The maximum absolute atomic E-state index is 11.5. The molecule has 0 heterocycles. The molecule has 0 spiro atoms. The van der Waals surface area contributed by atoms with Crippen LogP contribution >= 0.6 is 0 Å². The van der Waals surface area contributed by atoms with Gasteiger partial charge in [0.2, 0.25) is 0 Å². The van der Waals surface area contributed by atoms with Gasteiger partial charge in [-0.2, -0.15) is 0 Å². The lowest BCUT2D eigenvalue weighted by atomic mass is 9.87. The summed E-state index contributed by atoms with van der Waals surface area (Å²) in [6, 6.07) is 2.62. The zero-order valence-corrected chi connectivity index (χ0v) is 15.6. The highest BCUT2D eigenvalue weighted by Crippen LogP contribution is 2.25. The number of carbonyl (C=O) groups excluding carboxylic acids is 6.